The summed E-state index contributed by atoms with van der Waals surface area (Å²) < 4.78 is 0. The van der Waals surface area contributed by atoms with Gasteiger partial charge in [-0.3, -0.25) is 0 Å². The summed E-state index contributed by atoms with van der Waals surface area (Å²) in [5.41, 5.74) is 16.6. The summed E-state index contributed by atoms with van der Waals surface area (Å²) in [5, 5.41) is 0. The molecule has 49 heavy (non-hydrogen) atoms. The molecule has 2 unspecified atom stereocenters. The van der Waals surface area contributed by atoms with Crippen molar-refractivity contribution in [1.29, 1.82) is 0 Å². The number of fused-ring (bicyclic) bond motifs is 6. The molecule has 0 spiro atoms. The fourth-order valence-corrected chi connectivity index (χ4v) is 9.25. The molecule has 236 valence electrons. The Morgan fingerprint density at radius 1 is 0.347 bits per heavy atom. The maximum absolute atomic E-state index is 2.48. The fourth-order valence-electron chi connectivity index (χ4n) is 9.25. The van der Waals surface area contributed by atoms with Crippen LogP contribution in [0.1, 0.15) is 60.1 Å². The van der Waals surface area contributed by atoms with Gasteiger partial charge in [-0.15, -0.1) is 0 Å². The molecular weight excluding hydrogens is 591 g/mol. The van der Waals surface area contributed by atoms with E-state index in [1.54, 1.807) is 0 Å². The maximum atomic E-state index is 2.48. The quantitative estimate of drug-likeness (QED) is 0.170. The van der Waals surface area contributed by atoms with Crippen LogP contribution in [0.15, 0.2) is 176 Å². The first kappa shape index (κ1) is 29.5. The second kappa shape index (κ2) is 11.5. The summed E-state index contributed by atoms with van der Waals surface area (Å²) in [4.78, 5) is 2.46. The number of benzene rings is 7. The third-order valence-electron chi connectivity index (χ3n) is 11.4. The molecule has 0 heterocycles. The van der Waals surface area contributed by atoms with Gasteiger partial charge in [0.25, 0.3) is 0 Å². The zero-order valence-corrected chi connectivity index (χ0v) is 28.1. The molecule has 1 heteroatoms. The van der Waals surface area contributed by atoms with Crippen molar-refractivity contribution in [2.45, 2.75) is 37.5 Å². The van der Waals surface area contributed by atoms with Crippen molar-refractivity contribution in [1.82, 2.24) is 0 Å². The number of rotatable bonds is 7. The summed E-state index contributed by atoms with van der Waals surface area (Å²) in [5.74, 6) is 0. The van der Waals surface area contributed by atoms with Gasteiger partial charge in [0.15, 0.2) is 0 Å². The Morgan fingerprint density at radius 2 is 0.714 bits per heavy atom. The molecule has 2 aliphatic rings. The van der Waals surface area contributed by atoms with Crippen LogP contribution < -0.4 is 4.90 Å². The van der Waals surface area contributed by atoms with E-state index in [9.17, 15) is 0 Å². The molecule has 7 aromatic rings. The van der Waals surface area contributed by atoms with Crippen LogP contribution in [0.2, 0.25) is 0 Å². The molecule has 0 saturated carbocycles. The molecule has 0 N–H and O–H groups in total. The number of anilines is 3. The Hall–Kier alpha value is -5.66. The molecule has 0 fully saturated rings. The molecular formula is C48H39N. The van der Waals surface area contributed by atoms with E-state index in [2.05, 4.69) is 195 Å². The Kier molecular flexibility index (Phi) is 6.91. The SMILES string of the molecule is CCC1(c2ccccc2)c2ccccc2-c2ccc(N(c3ccccc3)c3ccc4c(c3)C(CC)(c3ccccc3)c3ccccc3-4)cc21. The highest BCUT2D eigenvalue weighted by molar-refractivity contribution is 5.90. The van der Waals surface area contributed by atoms with Crippen LogP contribution in [0.25, 0.3) is 22.3 Å². The topological polar surface area (TPSA) is 3.24 Å². The molecule has 0 aliphatic heterocycles. The van der Waals surface area contributed by atoms with Crippen molar-refractivity contribution in [3.05, 3.63) is 209 Å². The third-order valence-corrected chi connectivity index (χ3v) is 11.4. The molecule has 0 aromatic heterocycles. The van der Waals surface area contributed by atoms with Crippen LogP contribution in [-0.4, -0.2) is 0 Å². The molecule has 0 saturated heterocycles. The van der Waals surface area contributed by atoms with Crippen LogP contribution in [0.5, 0.6) is 0 Å². The normalized spacial score (nSPS) is 18.3. The zero-order valence-electron chi connectivity index (χ0n) is 28.1. The van der Waals surface area contributed by atoms with Crippen LogP contribution in [-0.2, 0) is 10.8 Å². The van der Waals surface area contributed by atoms with Gasteiger partial charge in [-0.1, -0.05) is 153 Å². The minimum atomic E-state index is -0.226. The lowest BCUT2D eigenvalue weighted by atomic mass is 9.70. The van der Waals surface area contributed by atoms with E-state index in [4.69, 9.17) is 0 Å². The van der Waals surface area contributed by atoms with E-state index in [1.807, 2.05) is 0 Å². The lowest BCUT2D eigenvalue weighted by Crippen LogP contribution is -2.26. The molecule has 7 aromatic carbocycles. The van der Waals surface area contributed by atoms with Crippen LogP contribution in [0, 0.1) is 0 Å². The van der Waals surface area contributed by atoms with E-state index < -0.39 is 0 Å². The molecule has 0 amide bonds. The fraction of sp³-hybridized carbons (Fsp3) is 0.125. The first-order valence-electron chi connectivity index (χ1n) is 17.7. The molecule has 2 aliphatic carbocycles. The number of para-hydroxylation sites is 1. The zero-order chi connectivity index (χ0) is 33.0. The number of hydrogen-bond acceptors (Lipinski definition) is 1. The lowest BCUT2D eigenvalue weighted by molar-refractivity contribution is 0.609. The van der Waals surface area contributed by atoms with Crippen LogP contribution in [0.3, 0.4) is 0 Å². The van der Waals surface area contributed by atoms with E-state index in [0.717, 1.165) is 18.5 Å². The lowest BCUT2D eigenvalue weighted by Gasteiger charge is -2.34. The summed E-state index contributed by atoms with van der Waals surface area (Å²) in [7, 11) is 0. The summed E-state index contributed by atoms with van der Waals surface area (Å²) in [6.07, 6.45) is 1.95. The van der Waals surface area contributed by atoms with Crippen molar-refractivity contribution >= 4 is 17.1 Å². The summed E-state index contributed by atoms with van der Waals surface area (Å²) in [6.45, 7) is 4.68. The smallest absolute Gasteiger partial charge is 0.0465 e. The monoisotopic (exact) mass is 629 g/mol. The number of nitrogens with zero attached hydrogens (tertiary/aromatic N) is 1. The molecule has 0 bridgehead atoms. The Bertz CT molecular complexity index is 2160. The van der Waals surface area contributed by atoms with Crippen LogP contribution >= 0.6 is 0 Å². The first-order chi connectivity index (χ1) is 24.2. The van der Waals surface area contributed by atoms with Gasteiger partial charge in [-0.05, 0) is 105 Å². The largest absolute Gasteiger partial charge is 0.310 e. The minimum Gasteiger partial charge on any atom is -0.310 e. The Labute approximate surface area is 290 Å². The van der Waals surface area contributed by atoms with Gasteiger partial charge in [0.05, 0.1) is 0 Å². The van der Waals surface area contributed by atoms with Crippen molar-refractivity contribution in [2.24, 2.45) is 0 Å². The van der Waals surface area contributed by atoms with Gasteiger partial charge in [-0.2, -0.15) is 0 Å². The van der Waals surface area contributed by atoms with Gasteiger partial charge in [-0.25, -0.2) is 0 Å². The first-order valence-corrected chi connectivity index (χ1v) is 17.7. The second-order valence-corrected chi connectivity index (χ2v) is 13.5. The van der Waals surface area contributed by atoms with Crippen molar-refractivity contribution in [3.8, 4) is 22.3 Å². The van der Waals surface area contributed by atoms with Gasteiger partial charge in [0.2, 0.25) is 0 Å². The van der Waals surface area contributed by atoms with Crippen molar-refractivity contribution in [3.63, 3.8) is 0 Å². The average Bonchev–Trinajstić information content (AvgIpc) is 3.63. The standard InChI is InChI=1S/C48H39N/c1-3-47(34-18-8-5-9-19-34)43-26-16-14-24-39(43)41-30-28-37(32-45(41)47)49(36-22-12-7-13-23-36)38-29-31-42-40-25-15-17-27-44(40)48(4-2,46(42)33-38)35-20-10-6-11-21-35/h5-33H,3-4H2,1-2H3. The van der Waals surface area contributed by atoms with Crippen molar-refractivity contribution in [2.75, 3.05) is 4.90 Å². The van der Waals surface area contributed by atoms with E-state index in [0.29, 0.717) is 0 Å². The Balaban J connectivity index is 1.28. The Morgan fingerprint density at radius 3 is 1.14 bits per heavy atom. The molecule has 2 atom stereocenters. The predicted molar refractivity (Wildman–Crippen MR) is 205 cm³/mol. The predicted octanol–water partition coefficient (Wildman–Crippen LogP) is 12.6. The third kappa shape index (κ3) is 4.18. The highest BCUT2D eigenvalue weighted by Gasteiger charge is 2.45. The second-order valence-electron chi connectivity index (χ2n) is 13.5. The summed E-state index contributed by atoms with van der Waals surface area (Å²) >= 11 is 0. The summed E-state index contributed by atoms with van der Waals surface area (Å²) in [6, 6.07) is 65.5. The van der Waals surface area contributed by atoms with Crippen molar-refractivity contribution < 1.29 is 0 Å². The maximum Gasteiger partial charge on any atom is 0.0465 e. The van der Waals surface area contributed by atoms with Crippen LogP contribution in [0.4, 0.5) is 17.1 Å². The van der Waals surface area contributed by atoms with E-state index in [-0.39, 0.29) is 10.8 Å². The van der Waals surface area contributed by atoms with Gasteiger partial charge < -0.3 is 4.90 Å². The molecule has 0 radical (unpaired) electrons. The van der Waals surface area contributed by atoms with Gasteiger partial charge in [0.1, 0.15) is 0 Å². The van der Waals surface area contributed by atoms with E-state index in [1.165, 1.54) is 67.0 Å². The molecule has 9 rings (SSSR count). The molecule has 1 nitrogen and oxygen atoms in total. The number of hydrogen-bond donors (Lipinski definition) is 0. The highest BCUT2D eigenvalue weighted by atomic mass is 15.1. The highest BCUT2D eigenvalue weighted by Crippen LogP contribution is 2.57. The average molecular weight is 630 g/mol. The minimum absolute atomic E-state index is 0.226. The van der Waals surface area contributed by atoms with Gasteiger partial charge >= 0.3 is 0 Å². The van der Waals surface area contributed by atoms with E-state index >= 15 is 0 Å². The van der Waals surface area contributed by atoms with Gasteiger partial charge in [0, 0.05) is 27.9 Å².